The second-order valence-electron chi connectivity index (χ2n) is 8.73. The number of aliphatic carboxylic acids is 1. The SMILES string of the molecule is CCCCCCCCCCc1ncc(C=C(Cc2cccs2)C(=O)O)n1Cc1ccccc1Cl. The molecular formula is C28H35ClN2O2S. The number of halogens is 1. The van der Waals surface area contributed by atoms with Crippen LogP contribution in [0.4, 0.5) is 0 Å². The van der Waals surface area contributed by atoms with Gasteiger partial charge in [0.25, 0.3) is 0 Å². The van der Waals surface area contributed by atoms with Crippen molar-refractivity contribution in [2.45, 2.75) is 77.7 Å². The normalized spacial score (nSPS) is 11.8. The number of thiophene rings is 1. The van der Waals surface area contributed by atoms with Gasteiger partial charge in [0.15, 0.2) is 0 Å². The minimum Gasteiger partial charge on any atom is -0.478 e. The summed E-state index contributed by atoms with van der Waals surface area (Å²) in [5.74, 6) is 0.0848. The summed E-state index contributed by atoms with van der Waals surface area (Å²) in [6.45, 7) is 2.82. The van der Waals surface area contributed by atoms with Gasteiger partial charge in [-0.2, -0.15) is 0 Å². The topological polar surface area (TPSA) is 55.1 Å². The van der Waals surface area contributed by atoms with Crippen molar-refractivity contribution < 1.29 is 9.90 Å². The van der Waals surface area contributed by atoms with Gasteiger partial charge in [0.2, 0.25) is 0 Å². The molecule has 0 saturated heterocycles. The standard InChI is InChI=1S/C28H35ClN2O2S/c1-2-3-4-5-6-7-8-9-16-27-30-20-24(31(27)21-22-13-10-11-15-26(22)29)18-23(28(32)33)19-25-14-12-17-34-25/h10-15,17-18,20H,2-9,16,19,21H2,1H3,(H,32,33). The maximum absolute atomic E-state index is 12.0. The lowest BCUT2D eigenvalue weighted by atomic mass is 10.1. The van der Waals surface area contributed by atoms with Crippen LogP contribution in [0.15, 0.2) is 53.5 Å². The lowest BCUT2D eigenvalue weighted by Crippen LogP contribution is -2.09. The monoisotopic (exact) mass is 498 g/mol. The highest BCUT2D eigenvalue weighted by Crippen LogP contribution is 2.22. The Labute approximate surface area is 212 Å². The molecule has 4 nitrogen and oxygen atoms in total. The van der Waals surface area contributed by atoms with Crippen LogP contribution in [-0.2, 0) is 24.2 Å². The average molecular weight is 499 g/mol. The smallest absolute Gasteiger partial charge is 0.332 e. The van der Waals surface area contributed by atoms with E-state index in [-0.39, 0.29) is 0 Å². The van der Waals surface area contributed by atoms with Crippen molar-refractivity contribution in [3.8, 4) is 0 Å². The molecule has 0 amide bonds. The van der Waals surface area contributed by atoms with Crippen molar-refractivity contribution in [2.75, 3.05) is 0 Å². The quantitative estimate of drug-likeness (QED) is 0.170. The van der Waals surface area contributed by atoms with E-state index in [4.69, 9.17) is 16.6 Å². The fraction of sp³-hybridized carbons (Fsp3) is 0.429. The minimum absolute atomic E-state index is 0.362. The first kappa shape index (κ1) is 26.2. The highest BCUT2D eigenvalue weighted by Gasteiger charge is 2.15. The Morgan fingerprint density at radius 3 is 2.47 bits per heavy atom. The summed E-state index contributed by atoms with van der Waals surface area (Å²) in [6, 6.07) is 11.7. The van der Waals surface area contributed by atoms with Gasteiger partial charge < -0.3 is 9.67 Å². The molecule has 0 aliphatic heterocycles. The summed E-state index contributed by atoms with van der Waals surface area (Å²) in [6.07, 6.45) is 14.9. The third kappa shape index (κ3) is 8.14. The highest BCUT2D eigenvalue weighted by atomic mass is 35.5. The first-order chi connectivity index (χ1) is 16.6. The van der Waals surface area contributed by atoms with Gasteiger partial charge >= 0.3 is 5.97 Å². The van der Waals surface area contributed by atoms with Crippen LogP contribution in [0, 0.1) is 0 Å². The van der Waals surface area contributed by atoms with Crippen molar-refractivity contribution in [1.29, 1.82) is 0 Å². The zero-order valence-corrected chi connectivity index (χ0v) is 21.6. The van der Waals surface area contributed by atoms with Crippen LogP contribution in [0.25, 0.3) is 6.08 Å². The predicted octanol–water partition coefficient (Wildman–Crippen LogP) is 8.04. The molecule has 6 heteroatoms. The highest BCUT2D eigenvalue weighted by molar-refractivity contribution is 7.09. The molecule has 2 heterocycles. The molecule has 3 aromatic rings. The van der Waals surface area contributed by atoms with Crippen molar-refractivity contribution >= 4 is 35.0 Å². The van der Waals surface area contributed by atoms with E-state index in [1.54, 1.807) is 23.6 Å². The van der Waals surface area contributed by atoms with E-state index < -0.39 is 5.97 Å². The third-order valence-electron chi connectivity index (χ3n) is 6.05. The van der Waals surface area contributed by atoms with Gasteiger partial charge in [-0.15, -0.1) is 11.3 Å². The molecule has 0 bridgehead atoms. The number of hydrogen-bond donors (Lipinski definition) is 1. The predicted molar refractivity (Wildman–Crippen MR) is 143 cm³/mol. The summed E-state index contributed by atoms with van der Waals surface area (Å²) in [5, 5.41) is 12.5. The van der Waals surface area contributed by atoms with E-state index in [0.717, 1.165) is 34.8 Å². The van der Waals surface area contributed by atoms with Gasteiger partial charge in [0, 0.05) is 28.3 Å². The Balaban J connectivity index is 1.75. The molecule has 0 aliphatic rings. The number of aryl methyl sites for hydroxylation is 1. The maximum atomic E-state index is 12.0. The summed E-state index contributed by atoms with van der Waals surface area (Å²) >= 11 is 8.02. The number of rotatable bonds is 15. The van der Waals surface area contributed by atoms with E-state index in [9.17, 15) is 9.90 Å². The number of imidazole rings is 1. The maximum Gasteiger partial charge on any atom is 0.332 e. The Morgan fingerprint density at radius 1 is 1.06 bits per heavy atom. The van der Waals surface area contributed by atoms with Crippen molar-refractivity contribution in [3.05, 3.63) is 80.5 Å². The van der Waals surface area contributed by atoms with Gasteiger partial charge in [-0.1, -0.05) is 87.7 Å². The molecule has 3 rings (SSSR count). The zero-order valence-electron chi connectivity index (χ0n) is 20.0. The molecule has 0 atom stereocenters. The Hall–Kier alpha value is -2.37. The summed E-state index contributed by atoms with van der Waals surface area (Å²) in [5.41, 5.74) is 2.17. The number of carboxylic acids is 1. The van der Waals surface area contributed by atoms with Crippen LogP contribution in [0.2, 0.25) is 5.02 Å². The van der Waals surface area contributed by atoms with Gasteiger partial charge in [-0.25, -0.2) is 9.78 Å². The molecular weight excluding hydrogens is 464 g/mol. The number of carboxylic acid groups (broad SMARTS) is 1. The van der Waals surface area contributed by atoms with E-state index in [2.05, 4.69) is 11.5 Å². The van der Waals surface area contributed by atoms with Gasteiger partial charge in [0.05, 0.1) is 18.4 Å². The fourth-order valence-electron chi connectivity index (χ4n) is 4.11. The fourth-order valence-corrected chi connectivity index (χ4v) is 5.03. The second-order valence-corrected chi connectivity index (χ2v) is 10.2. The van der Waals surface area contributed by atoms with Crippen molar-refractivity contribution in [1.82, 2.24) is 9.55 Å². The largest absolute Gasteiger partial charge is 0.478 e. The van der Waals surface area contributed by atoms with Crippen LogP contribution in [0.3, 0.4) is 0 Å². The lowest BCUT2D eigenvalue weighted by Gasteiger charge is -2.13. The van der Waals surface area contributed by atoms with Crippen LogP contribution >= 0.6 is 22.9 Å². The molecule has 1 aromatic carbocycles. The van der Waals surface area contributed by atoms with Crippen LogP contribution < -0.4 is 0 Å². The molecule has 0 aliphatic carbocycles. The van der Waals surface area contributed by atoms with E-state index in [0.29, 0.717) is 23.6 Å². The van der Waals surface area contributed by atoms with E-state index in [1.807, 2.05) is 41.8 Å². The molecule has 34 heavy (non-hydrogen) atoms. The van der Waals surface area contributed by atoms with Crippen molar-refractivity contribution in [3.63, 3.8) is 0 Å². The molecule has 2 aromatic heterocycles. The molecule has 0 saturated carbocycles. The van der Waals surface area contributed by atoms with E-state index >= 15 is 0 Å². The molecule has 182 valence electrons. The Kier molecular flexibility index (Phi) is 10.9. The zero-order chi connectivity index (χ0) is 24.2. The van der Waals surface area contributed by atoms with Gasteiger partial charge in [-0.3, -0.25) is 0 Å². The van der Waals surface area contributed by atoms with Crippen LogP contribution in [-0.4, -0.2) is 20.6 Å². The van der Waals surface area contributed by atoms with E-state index in [1.165, 1.54) is 44.9 Å². The summed E-state index contributed by atoms with van der Waals surface area (Å²) < 4.78 is 2.12. The number of hydrogen-bond acceptors (Lipinski definition) is 3. The summed E-state index contributed by atoms with van der Waals surface area (Å²) in [4.78, 5) is 17.7. The Morgan fingerprint density at radius 2 is 1.79 bits per heavy atom. The third-order valence-corrected chi connectivity index (χ3v) is 7.30. The molecule has 1 N–H and O–H groups in total. The van der Waals surface area contributed by atoms with Gasteiger partial charge in [-0.05, 0) is 35.6 Å². The lowest BCUT2D eigenvalue weighted by molar-refractivity contribution is -0.132. The molecule has 0 unspecified atom stereocenters. The molecule has 0 spiro atoms. The van der Waals surface area contributed by atoms with Crippen LogP contribution in [0.5, 0.6) is 0 Å². The first-order valence-corrected chi connectivity index (χ1v) is 13.6. The van der Waals surface area contributed by atoms with Crippen LogP contribution in [0.1, 0.15) is 80.2 Å². The van der Waals surface area contributed by atoms with Crippen molar-refractivity contribution in [2.24, 2.45) is 0 Å². The minimum atomic E-state index is -0.900. The number of carbonyl (C=O) groups is 1. The number of nitrogens with zero attached hydrogens (tertiary/aromatic N) is 2. The first-order valence-electron chi connectivity index (χ1n) is 12.3. The number of benzene rings is 1. The summed E-state index contributed by atoms with van der Waals surface area (Å²) in [7, 11) is 0. The molecule has 0 fully saturated rings. The number of unbranched alkanes of at least 4 members (excludes halogenated alkanes) is 7. The average Bonchev–Trinajstić information content (AvgIpc) is 3.47. The van der Waals surface area contributed by atoms with Gasteiger partial charge in [0.1, 0.15) is 5.82 Å². The second kappa shape index (κ2) is 14.1. The Bertz CT molecular complexity index is 1060. The molecule has 0 radical (unpaired) electrons. The number of aromatic nitrogens is 2.